The van der Waals surface area contributed by atoms with Crippen LogP contribution in [0, 0.1) is 12.7 Å². The molecule has 1 saturated heterocycles. The summed E-state index contributed by atoms with van der Waals surface area (Å²) in [5.41, 5.74) is 3.88. The number of anilines is 1. The number of benzene rings is 2. The van der Waals surface area contributed by atoms with E-state index in [9.17, 15) is 9.18 Å². The van der Waals surface area contributed by atoms with E-state index in [1.54, 1.807) is 12.1 Å². The number of carbonyl (C=O) groups excluding carboxylic acids is 1. The fraction of sp³-hybridized carbons (Fsp3) is 0.448. The number of likely N-dealkylation sites (N-methyl/N-ethyl adjacent to an activating group) is 1. The summed E-state index contributed by atoms with van der Waals surface area (Å²) in [5, 5.41) is 4.97. The van der Waals surface area contributed by atoms with E-state index in [0.717, 1.165) is 67.5 Å². The van der Waals surface area contributed by atoms with Crippen molar-refractivity contribution in [1.82, 2.24) is 19.6 Å². The molecule has 192 valence electrons. The van der Waals surface area contributed by atoms with E-state index in [0.29, 0.717) is 6.54 Å². The highest BCUT2D eigenvalue weighted by Gasteiger charge is 2.29. The van der Waals surface area contributed by atoms with Crippen LogP contribution in [0.1, 0.15) is 44.0 Å². The quantitative estimate of drug-likeness (QED) is 0.430. The molecule has 6 nitrogen and oxygen atoms in total. The van der Waals surface area contributed by atoms with Gasteiger partial charge in [-0.2, -0.15) is 5.10 Å². The highest BCUT2D eigenvalue weighted by Crippen LogP contribution is 2.30. The highest BCUT2D eigenvalue weighted by molar-refractivity contribution is 5.79. The molecule has 2 aromatic carbocycles. The lowest BCUT2D eigenvalue weighted by molar-refractivity contribution is -0.133. The third-order valence-corrected chi connectivity index (χ3v) is 7.32. The maximum Gasteiger partial charge on any atom is 0.227 e. The van der Waals surface area contributed by atoms with Crippen molar-refractivity contribution in [2.24, 2.45) is 0 Å². The van der Waals surface area contributed by atoms with Crippen molar-refractivity contribution in [2.45, 2.75) is 53.1 Å². The average Bonchev–Trinajstić information content (AvgIpc) is 3.24. The van der Waals surface area contributed by atoms with Gasteiger partial charge in [0.2, 0.25) is 5.91 Å². The summed E-state index contributed by atoms with van der Waals surface area (Å²) in [6.07, 6.45) is 1.10. The van der Waals surface area contributed by atoms with Crippen molar-refractivity contribution >= 4 is 11.7 Å². The average molecular weight is 492 g/mol. The van der Waals surface area contributed by atoms with E-state index in [4.69, 9.17) is 5.10 Å². The van der Waals surface area contributed by atoms with Crippen molar-refractivity contribution in [3.8, 4) is 5.69 Å². The number of carbonyl (C=O) groups is 1. The second-order valence-electron chi connectivity index (χ2n) is 9.64. The maximum atomic E-state index is 13.5. The minimum absolute atomic E-state index is 0.0459. The second kappa shape index (κ2) is 11.7. The van der Waals surface area contributed by atoms with Crippen LogP contribution in [0.3, 0.4) is 0 Å². The highest BCUT2D eigenvalue weighted by atomic mass is 19.1. The molecule has 1 aliphatic rings. The van der Waals surface area contributed by atoms with Crippen LogP contribution in [0.5, 0.6) is 0 Å². The van der Waals surface area contributed by atoms with Gasteiger partial charge in [0, 0.05) is 37.8 Å². The van der Waals surface area contributed by atoms with Crippen molar-refractivity contribution in [3.05, 3.63) is 77.2 Å². The lowest BCUT2D eigenvalue weighted by Crippen LogP contribution is -2.47. The Morgan fingerprint density at radius 1 is 1.03 bits per heavy atom. The molecule has 7 heteroatoms. The molecular weight excluding hydrogens is 453 g/mol. The number of hydrogen-bond acceptors (Lipinski definition) is 4. The van der Waals surface area contributed by atoms with Crippen LogP contribution in [0.25, 0.3) is 5.69 Å². The van der Waals surface area contributed by atoms with Crippen LogP contribution in [-0.4, -0.2) is 64.3 Å². The van der Waals surface area contributed by atoms with Gasteiger partial charge in [0.15, 0.2) is 0 Å². The minimum Gasteiger partial charge on any atom is -0.354 e. The van der Waals surface area contributed by atoms with E-state index >= 15 is 0 Å². The first-order chi connectivity index (χ1) is 17.4. The molecule has 0 radical (unpaired) electrons. The number of amides is 1. The fourth-order valence-electron chi connectivity index (χ4n) is 4.84. The van der Waals surface area contributed by atoms with Gasteiger partial charge in [0.1, 0.15) is 11.6 Å². The van der Waals surface area contributed by atoms with Gasteiger partial charge in [-0.1, -0.05) is 44.2 Å². The number of hydrogen-bond donors (Lipinski definition) is 0. The van der Waals surface area contributed by atoms with Gasteiger partial charge < -0.3 is 14.7 Å². The van der Waals surface area contributed by atoms with Crippen LogP contribution >= 0.6 is 0 Å². The number of aromatic nitrogens is 2. The summed E-state index contributed by atoms with van der Waals surface area (Å²) in [5.74, 6) is 0.837. The molecule has 0 spiro atoms. The van der Waals surface area contributed by atoms with Crippen LogP contribution < -0.4 is 4.90 Å². The van der Waals surface area contributed by atoms with Crippen LogP contribution in [0.15, 0.2) is 54.6 Å². The first-order valence-corrected chi connectivity index (χ1v) is 13.1. The van der Waals surface area contributed by atoms with E-state index in [-0.39, 0.29) is 24.2 Å². The summed E-state index contributed by atoms with van der Waals surface area (Å²) >= 11 is 0. The van der Waals surface area contributed by atoms with Gasteiger partial charge in [0.05, 0.1) is 24.3 Å². The molecule has 3 aromatic rings. The van der Waals surface area contributed by atoms with Crippen molar-refractivity contribution in [3.63, 3.8) is 0 Å². The Kier molecular flexibility index (Phi) is 8.41. The molecule has 4 rings (SSSR count). The number of aryl methyl sites for hydroxylation is 1. The molecule has 1 atom stereocenters. The fourth-order valence-corrected chi connectivity index (χ4v) is 4.84. The van der Waals surface area contributed by atoms with Gasteiger partial charge in [-0.3, -0.25) is 4.79 Å². The topological polar surface area (TPSA) is 44.6 Å². The first-order valence-electron chi connectivity index (χ1n) is 13.1. The van der Waals surface area contributed by atoms with Crippen LogP contribution in [-0.2, 0) is 17.8 Å². The van der Waals surface area contributed by atoms with Gasteiger partial charge in [0.25, 0.3) is 0 Å². The normalized spacial score (nSPS) is 15.2. The van der Waals surface area contributed by atoms with E-state index in [1.165, 1.54) is 12.1 Å². The molecule has 0 unspecified atom stereocenters. The molecule has 1 aliphatic heterocycles. The molecule has 2 heterocycles. The summed E-state index contributed by atoms with van der Waals surface area (Å²) in [6.45, 7) is 13.9. The molecule has 1 fully saturated rings. The molecule has 36 heavy (non-hydrogen) atoms. The maximum absolute atomic E-state index is 13.5. The van der Waals surface area contributed by atoms with E-state index < -0.39 is 0 Å². The van der Waals surface area contributed by atoms with Crippen LogP contribution in [0.2, 0.25) is 0 Å². The van der Waals surface area contributed by atoms with Crippen molar-refractivity contribution < 1.29 is 9.18 Å². The van der Waals surface area contributed by atoms with Crippen molar-refractivity contribution in [1.29, 1.82) is 0 Å². The SMILES string of the molecule is CC[C@@H](C)N(Cc1c(C)nn(-c2ccccc2)c1N1CCN(CC)CC1)C(=O)Cc1ccc(F)cc1. The molecule has 0 saturated carbocycles. The second-order valence-corrected chi connectivity index (χ2v) is 9.64. The summed E-state index contributed by atoms with van der Waals surface area (Å²) in [4.78, 5) is 20.4. The summed E-state index contributed by atoms with van der Waals surface area (Å²) in [7, 11) is 0. The number of nitrogens with zero attached hydrogens (tertiary/aromatic N) is 5. The smallest absolute Gasteiger partial charge is 0.227 e. The molecule has 1 aromatic heterocycles. The zero-order valence-corrected chi connectivity index (χ0v) is 22.0. The predicted molar refractivity (Wildman–Crippen MR) is 143 cm³/mol. The Bertz CT molecular complexity index is 1140. The molecule has 0 bridgehead atoms. The zero-order valence-electron chi connectivity index (χ0n) is 22.0. The zero-order chi connectivity index (χ0) is 25.7. The Morgan fingerprint density at radius 2 is 1.69 bits per heavy atom. The van der Waals surface area contributed by atoms with Gasteiger partial charge in [-0.15, -0.1) is 0 Å². The molecule has 0 N–H and O–H groups in total. The largest absolute Gasteiger partial charge is 0.354 e. The Balaban J connectivity index is 1.69. The lowest BCUT2D eigenvalue weighted by Gasteiger charge is -2.37. The van der Waals surface area contributed by atoms with Gasteiger partial charge in [-0.05, 0) is 56.6 Å². The minimum atomic E-state index is -0.290. The van der Waals surface area contributed by atoms with E-state index in [1.807, 2.05) is 34.7 Å². The number of piperazine rings is 1. The molecule has 1 amide bonds. The van der Waals surface area contributed by atoms with Crippen LogP contribution in [0.4, 0.5) is 10.2 Å². The molecular formula is C29H38FN5O. The first kappa shape index (κ1) is 25.9. The van der Waals surface area contributed by atoms with Gasteiger partial charge in [-0.25, -0.2) is 9.07 Å². The van der Waals surface area contributed by atoms with E-state index in [2.05, 4.69) is 42.7 Å². The lowest BCUT2D eigenvalue weighted by atomic mass is 10.1. The number of para-hydroxylation sites is 1. The monoisotopic (exact) mass is 491 g/mol. The Hall–Kier alpha value is -3.19. The summed E-state index contributed by atoms with van der Waals surface area (Å²) < 4.78 is 15.4. The Morgan fingerprint density at radius 3 is 2.31 bits per heavy atom. The number of rotatable bonds is 9. The predicted octanol–water partition coefficient (Wildman–Crippen LogP) is 4.83. The number of halogens is 1. The van der Waals surface area contributed by atoms with Gasteiger partial charge >= 0.3 is 0 Å². The molecule has 0 aliphatic carbocycles. The Labute approximate surface area is 214 Å². The third kappa shape index (κ3) is 5.78. The standard InChI is InChI=1S/C29H38FN5O/c1-5-22(3)34(28(36)20-24-12-14-25(30)15-13-24)21-27-23(4)31-35(26-10-8-7-9-11-26)29(27)33-18-16-32(6-2)17-19-33/h7-15,22H,5-6,16-21H2,1-4H3/t22-/m1/s1. The third-order valence-electron chi connectivity index (χ3n) is 7.32. The van der Waals surface area contributed by atoms with Crippen molar-refractivity contribution in [2.75, 3.05) is 37.6 Å². The summed E-state index contributed by atoms with van der Waals surface area (Å²) in [6, 6.07) is 16.5.